The van der Waals surface area contributed by atoms with Crippen molar-refractivity contribution in [3.05, 3.63) is 71.5 Å². The molecule has 0 unspecified atom stereocenters. The summed E-state index contributed by atoms with van der Waals surface area (Å²) in [5.74, 6) is -0.401. The second kappa shape index (κ2) is 8.24. The van der Waals surface area contributed by atoms with Crippen molar-refractivity contribution in [1.82, 2.24) is 14.8 Å². The minimum absolute atomic E-state index is 0.0113. The molecule has 2 aromatic carbocycles. The van der Waals surface area contributed by atoms with E-state index in [4.69, 9.17) is 4.98 Å². The number of aryl methyl sites for hydroxylation is 2. The maximum Gasteiger partial charge on any atom is 0.261 e. The van der Waals surface area contributed by atoms with E-state index in [1.165, 1.54) is 17.4 Å². The highest BCUT2D eigenvalue weighted by molar-refractivity contribution is 7.90. The van der Waals surface area contributed by atoms with Crippen LogP contribution in [0.4, 0.5) is 5.13 Å². The molecular formula is C22H22N4O3S2. The molecule has 0 aliphatic carbocycles. The molecule has 160 valence electrons. The number of carbonyl (C=O) groups excluding carboxylic acids is 1. The van der Waals surface area contributed by atoms with Gasteiger partial charge in [0.1, 0.15) is 0 Å². The van der Waals surface area contributed by atoms with Crippen molar-refractivity contribution >= 4 is 42.4 Å². The van der Waals surface area contributed by atoms with Crippen LogP contribution in [-0.2, 0) is 16.4 Å². The summed E-state index contributed by atoms with van der Waals surface area (Å²) < 4.78 is 27.3. The van der Waals surface area contributed by atoms with Gasteiger partial charge in [-0.25, -0.2) is 13.4 Å². The van der Waals surface area contributed by atoms with E-state index in [1.807, 2.05) is 32.2 Å². The Morgan fingerprint density at radius 2 is 1.94 bits per heavy atom. The van der Waals surface area contributed by atoms with Gasteiger partial charge in [-0.2, -0.15) is 5.10 Å². The molecule has 4 aromatic rings. The molecule has 0 radical (unpaired) electrons. The van der Waals surface area contributed by atoms with Gasteiger partial charge in [0, 0.05) is 25.2 Å². The molecular weight excluding hydrogens is 432 g/mol. The SMILES string of the molecule is Cc1cc(C)c2nc(N(CCn3cccn3)C(=O)c3ccccc3S(C)(=O)=O)sc2c1. The van der Waals surface area contributed by atoms with Crippen molar-refractivity contribution in [2.45, 2.75) is 25.3 Å². The third-order valence-corrected chi connectivity index (χ3v) is 7.10. The van der Waals surface area contributed by atoms with Gasteiger partial charge in [0.05, 0.1) is 27.2 Å². The minimum Gasteiger partial charge on any atom is -0.282 e. The van der Waals surface area contributed by atoms with Crippen molar-refractivity contribution in [3.8, 4) is 0 Å². The van der Waals surface area contributed by atoms with Gasteiger partial charge in [-0.15, -0.1) is 0 Å². The molecule has 0 N–H and O–H groups in total. The van der Waals surface area contributed by atoms with E-state index in [2.05, 4.69) is 11.2 Å². The van der Waals surface area contributed by atoms with Crippen LogP contribution in [0.5, 0.6) is 0 Å². The average Bonchev–Trinajstić information content (AvgIpc) is 3.37. The van der Waals surface area contributed by atoms with Crippen LogP contribution in [-0.4, -0.2) is 41.9 Å². The fraction of sp³-hybridized carbons (Fsp3) is 0.227. The normalized spacial score (nSPS) is 11.7. The van der Waals surface area contributed by atoms with E-state index < -0.39 is 15.7 Å². The quantitative estimate of drug-likeness (QED) is 0.442. The van der Waals surface area contributed by atoms with Gasteiger partial charge < -0.3 is 0 Å². The Labute approximate surface area is 184 Å². The van der Waals surface area contributed by atoms with Crippen molar-refractivity contribution < 1.29 is 13.2 Å². The Morgan fingerprint density at radius 3 is 2.65 bits per heavy atom. The zero-order valence-corrected chi connectivity index (χ0v) is 19.1. The number of carbonyl (C=O) groups is 1. The summed E-state index contributed by atoms with van der Waals surface area (Å²) in [7, 11) is -3.57. The molecule has 2 heterocycles. The topological polar surface area (TPSA) is 85.2 Å². The lowest BCUT2D eigenvalue weighted by Gasteiger charge is -2.21. The van der Waals surface area contributed by atoms with E-state index in [-0.39, 0.29) is 10.5 Å². The second-order valence-electron chi connectivity index (χ2n) is 7.42. The van der Waals surface area contributed by atoms with Gasteiger partial charge in [-0.05, 0) is 49.2 Å². The van der Waals surface area contributed by atoms with Gasteiger partial charge in [0.25, 0.3) is 5.91 Å². The standard InChI is InChI=1S/C22H22N4O3S2/c1-15-13-16(2)20-18(14-15)30-22(24-20)26(12-11-25-10-6-9-23-25)21(27)17-7-4-5-8-19(17)31(3,28)29/h4-10,13-14H,11-12H2,1-3H3. The molecule has 0 fully saturated rings. The highest BCUT2D eigenvalue weighted by Gasteiger charge is 2.26. The van der Waals surface area contributed by atoms with E-state index in [1.54, 1.807) is 34.0 Å². The number of nitrogens with zero attached hydrogens (tertiary/aromatic N) is 4. The van der Waals surface area contributed by atoms with Gasteiger partial charge in [0.2, 0.25) is 0 Å². The van der Waals surface area contributed by atoms with Gasteiger partial charge in [-0.1, -0.05) is 29.5 Å². The Balaban J connectivity index is 1.80. The van der Waals surface area contributed by atoms with Crippen molar-refractivity contribution in [3.63, 3.8) is 0 Å². The molecule has 7 nitrogen and oxygen atoms in total. The summed E-state index contributed by atoms with van der Waals surface area (Å²) in [6, 6.07) is 12.2. The number of fused-ring (bicyclic) bond motifs is 1. The zero-order valence-electron chi connectivity index (χ0n) is 17.4. The number of thiazole rings is 1. The zero-order chi connectivity index (χ0) is 22.2. The predicted octanol–water partition coefficient (Wildman–Crippen LogP) is 3.86. The van der Waals surface area contributed by atoms with Crippen LogP contribution in [0.3, 0.4) is 0 Å². The Morgan fingerprint density at radius 1 is 1.16 bits per heavy atom. The van der Waals surface area contributed by atoms with Crippen LogP contribution in [0.2, 0.25) is 0 Å². The monoisotopic (exact) mass is 454 g/mol. The molecule has 0 bridgehead atoms. The molecule has 31 heavy (non-hydrogen) atoms. The molecule has 1 amide bonds. The number of rotatable bonds is 6. The smallest absolute Gasteiger partial charge is 0.261 e. The summed E-state index contributed by atoms with van der Waals surface area (Å²) >= 11 is 1.42. The van der Waals surface area contributed by atoms with Crippen molar-refractivity contribution in [2.75, 3.05) is 17.7 Å². The van der Waals surface area contributed by atoms with Gasteiger partial charge >= 0.3 is 0 Å². The van der Waals surface area contributed by atoms with Crippen LogP contribution in [0.25, 0.3) is 10.2 Å². The lowest BCUT2D eigenvalue weighted by molar-refractivity contribution is 0.0982. The van der Waals surface area contributed by atoms with Crippen LogP contribution in [0.1, 0.15) is 21.5 Å². The molecule has 0 aliphatic rings. The Kier molecular flexibility index (Phi) is 5.63. The fourth-order valence-corrected chi connectivity index (χ4v) is 5.55. The lowest BCUT2D eigenvalue weighted by Crippen LogP contribution is -2.34. The number of anilines is 1. The van der Waals surface area contributed by atoms with Gasteiger partial charge in [0.15, 0.2) is 15.0 Å². The van der Waals surface area contributed by atoms with Crippen LogP contribution < -0.4 is 4.90 Å². The molecule has 0 spiro atoms. The number of hydrogen-bond acceptors (Lipinski definition) is 6. The maximum atomic E-state index is 13.6. The van der Waals surface area contributed by atoms with Crippen molar-refractivity contribution in [1.29, 1.82) is 0 Å². The third-order valence-electron chi connectivity index (χ3n) is 4.92. The predicted molar refractivity (Wildman–Crippen MR) is 123 cm³/mol. The Hall–Kier alpha value is -3.04. The molecule has 0 atom stereocenters. The summed E-state index contributed by atoms with van der Waals surface area (Å²) in [6.45, 7) is 4.77. The number of aromatic nitrogens is 3. The second-order valence-corrected chi connectivity index (χ2v) is 10.4. The average molecular weight is 455 g/mol. The molecule has 0 saturated heterocycles. The lowest BCUT2D eigenvalue weighted by atomic mass is 10.1. The van der Waals surface area contributed by atoms with Crippen LogP contribution in [0.15, 0.2) is 59.8 Å². The molecule has 4 rings (SSSR count). The summed E-state index contributed by atoms with van der Waals surface area (Å²) in [6.07, 6.45) is 4.60. The Bertz CT molecular complexity index is 1360. The summed E-state index contributed by atoms with van der Waals surface area (Å²) in [5.41, 5.74) is 3.14. The van der Waals surface area contributed by atoms with E-state index in [9.17, 15) is 13.2 Å². The van der Waals surface area contributed by atoms with E-state index in [0.717, 1.165) is 27.6 Å². The molecule has 0 aliphatic heterocycles. The first-order valence-electron chi connectivity index (χ1n) is 9.70. The summed E-state index contributed by atoms with van der Waals surface area (Å²) in [4.78, 5) is 19.9. The third kappa shape index (κ3) is 4.38. The molecule has 9 heteroatoms. The number of hydrogen-bond donors (Lipinski definition) is 0. The minimum atomic E-state index is -3.57. The number of sulfone groups is 1. The first kappa shape index (κ1) is 21.2. The fourth-order valence-electron chi connectivity index (χ4n) is 3.51. The number of amides is 1. The molecule has 2 aromatic heterocycles. The highest BCUT2D eigenvalue weighted by Crippen LogP contribution is 2.33. The highest BCUT2D eigenvalue weighted by atomic mass is 32.2. The van der Waals surface area contributed by atoms with Crippen LogP contribution >= 0.6 is 11.3 Å². The largest absolute Gasteiger partial charge is 0.282 e. The first-order chi connectivity index (χ1) is 14.7. The molecule has 0 saturated carbocycles. The van der Waals surface area contributed by atoms with E-state index in [0.29, 0.717) is 18.2 Å². The van der Waals surface area contributed by atoms with Crippen LogP contribution in [0, 0.1) is 13.8 Å². The summed E-state index contributed by atoms with van der Waals surface area (Å²) in [5, 5.41) is 4.74. The van der Waals surface area contributed by atoms with Gasteiger partial charge in [-0.3, -0.25) is 14.4 Å². The maximum absolute atomic E-state index is 13.6. The number of benzene rings is 2. The van der Waals surface area contributed by atoms with E-state index >= 15 is 0 Å². The first-order valence-corrected chi connectivity index (χ1v) is 12.4. The van der Waals surface area contributed by atoms with Crippen molar-refractivity contribution in [2.24, 2.45) is 0 Å².